The number of allylic oxidation sites excluding steroid dienone is 1. The SMILES string of the molecule is CC=CO[C@H]1C[C@H](C(C)C)CC[C@H]1C. The Morgan fingerprint density at radius 1 is 1.29 bits per heavy atom. The van der Waals surface area contributed by atoms with Crippen LogP contribution in [0.5, 0.6) is 0 Å². The molecule has 0 aromatic rings. The summed E-state index contributed by atoms with van der Waals surface area (Å²) in [4.78, 5) is 0. The van der Waals surface area contributed by atoms with Crippen LogP contribution < -0.4 is 0 Å². The van der Waals surface area contributed by atoms with Crippen molar-refractivity contribution in [2.24, 2.45) is 17.8 Å². The maximum Gasteiger partial charge on any atom is 0.101 e. The maximum atomic E-state index is 5.74. The standard InChI is InChI=1S/C13H24O/c1-5-8-14-13-9-12(10(2)3)7-6-11(13)4/h5,8,10-13H,6-7,9H2,1-4H3/t11-,12-,13+/m1/s1. The average molecular weight is 196 g/mol. The Hall–Kier alpha value is -0.460. The van der Waals surface area contributed by atoms with Gasteiger partial charge in [0.15, 0.2) is 0 Å². The molecule has 0 aromatic carbocycles. The first-order valence-corrected chi connectivity index (χ1v) is 5.91. The number of rotatable bonds is 3. The summed E-state index contributed by atoms with van der Waals surface area (Å²) >= 11 is 0. The predicted octanol–water partition coefficient (Wildman–Crippen LogP) is 4.00. The van der Waals surface area contributed by atoms with E-state index >= 15 is 0 Å². The molecular weight excluding hydrogens is 172 g/mol. The summed E-state index contributed by atoms with van der Waals surface area (Å²) in [6.45, 7) is 8.97. The molecule has 3 atom stereocenters. The molecule has 1 heteroatoms. The molecule has 0 saturated heterocycles. The lowest BCUT2D eigenvalue weighted by molar-refractivity contribution is 0.0272. The second-order valence-electron chi connectivity index (χ2n) is 4.94. The highest BCUT2D eigenvalue weighted by Gasteiger charge is 2.29. The number of hydrogen-bond donors (Lipinski definition) is 0. The fraction of sp³-hybridized carbons (Fsp3) is 0.846. The van der Waals surface area contributed by atoms with Crippen molar-refractivity contribution in [3.63, 3.8) is 0 Å². The van der Waals surface area contributed by atoms with Crippen molar-refractivity contribution in [1.29, 1.82) is 0 Å². The van der Waals surface area contributed by atoms with Gasteiger partial charge in [-0.1, -0.05) is 26.8 Å². The van der Waals surface area contributed by atoms with Crippen LogP contribution in [0.4, 0.5) is 0 Å². The molecule has 0 N–H and O–H groups in total. The van der Waals surface area contributed by atoms with Crippen LogP contribution in [0, 0.1) is 17.8 Å². The van der Waals surface area contributed by atoms with Gasteiger partial charge in [-0.15, -0.1) is 0 Å². The molecule has 1 fully saturated rings. The summed E-state index contributed by atoms with van der Waals surface area (Å²) in [6, 6.07) is 0. The van der Waals surface area contributed by atoms with E-state index in [0.29, 0.717) is 6.10 Å². The van der Waals surface area contributed by atoms with E-state index in [1.165, 1.54) is 19.3 Å². The van der Waals surface area contributed by atoms with Crippen molar-refractivity contribution < 1.29 is 4.74 Å². The molecule has 14 heavy (non-hydrogen) atoms. The third kappa shape index (κ3) is 3.04. The molecule has 1 aliphatic rings. The van der Waals surface area contributed by atoms with Gasteiger partial charge in [-0.25, -0.2) is 0 Å². The van der Waals surface area contributed by atoms with E-state index in [1.54, 1.807) is 0 Å². The topological polar surface area (TPSA) is 9.23 Å². The third-order valence-electron chi connectivity index (χ3n) is 3.49. The summed E-state index contributed by atoms with van der Waals surface area (Å²) in [5.74, 6) is 2.39. The lowest BCUT2D eigenvalue weighted by Gasteiger charge is -2.35. The maximum absolute atomic E-state index is 5.74. The lowest BCUT2D eigenvalue weighted by atomic mass is 9.76. The van der Waals surface area contributed by atoms with Crippen molar-refractivity contribution >= 4 is 0 Å². The second-order valence-corrected chi connectivity index (χ2v) is 4.94. The Morgan fingerprint density at radius 3 is 2.57 bits per heavy atom. The minimum Gasteiger partial charge on any atom is -0.498 e. The van der Waals surface area contributed by atoms with Crippen LogP contribution in [0.1, 0.15) is 47.0 Å². The predicted molar refractivity (Wildman–Crippen MR) is 61.0 cm³/mol. The molecular formula is C13H24O. The van der Waals surface area contributed by atoms with E-state index in [4.69, 9.17) is 4.74 Å². The van der Waals surface area contributed by atoms with Gasteiger partial charge in [-0.05, 0) is 43.9 Å². The van der Waals surface area contributed by atoms with Gasteiger partial charge in [0.25, 0.3) is 0 Å². The fourth-order valence-electron chi connectivity index (χ4n) is 2.29. The Balaban J connectivity index is 2.46. The van der Waals surface area contributed by atoms with Crippen LogP contribution >= 0.6 is 0 Å². The average Bonchev–Trinajstić information content (AvgIpc) is 2.16. The summed E-state index contributed by atoms with van der Waals surface area (Å²) in [5, 5.41) is 0. The summed E-state index contributed by atoms with van der Waals surface area (Å²) in [5.41, 5.74) is 0. The monoisotopic (exact) mass is 196 g/mol. The molecule has 0 amide bonds. The van der Waals surface area contributed by atoms with E-state index in [-0.39, 0.29) is 0 Å². The van der Waals surface area contributed by atoms with E-state index in [2.05, 4.69) is 20.8 Å². The summed E-state index contributed by atoms with van der Waals surface area (Å²) in [7, 11) is 0. The van der Waals surface area contributed by atoms with E-state index in [9.17, 15) is 0 Å². The van der Waals surface area contributed by atoms with Crippen LogP contribution in [0.25, 0.3) is 0 Å². The molecule has 0 heterocycles. The molecule has 1 nitrogen and oxygen atoms in total. The zero-order valence-electron chi connectivity index (χ0n) is 9.99. The van der Waals surface area contributed by atoms with E-state index in [1.807, 2.05) is 19.3 Å². The normalized spacial score (nSPS) is 33.9. The fourth-order valence-corrected chi connectivity index (χ4v) is 2.29. The first-order chi connectivity index (χ1) is 6.65. The quantitative estimate of drug-likeness (QED) is 0.620. The number of ether oxygens (including phenoxy) is 1. The highest BCUT2D eigenvalue weighted by molar-refractivity contribution is 4.82. The molecule has 0 bridgehead atoms. The van der Waals surface area contributed by atoms with Crippen molar-refractivity contribution in [1.82, 2.24) is 0 Å². The summed E-state index contributed by atoms with van der Waals surface area (Å²) < 4.78 is 5.74. The van der Waals surface area contributed by atoms with E-state index < -0.39 is 0 Å². The molecule has 1 aliphatic carbocycles. The Bertz CT molecular complexity index is 184. The molecule has 1 rings (SSSR count). The van der Waals surface area contributed by atoms with Crippen LogP contribution in [-0.2, 0) is 4.74 Å². The van der Waals surface area contributed by atoms with Crippen LogP contribution in [0.3, 0.4) is 0 Å². The molecule has 0 aromatic heterocycles. The van der Waals surface area contributed by atoms with Crippen molar-refractivity contribution in [2.75, 3.05) is 0 Å². The molecule has 0 unspecified atom stereocenters. The largest absolute Gasteiger partial charge is 0.498 e. The second kappa shape index (κ2) is 5.43. The van der Waals surface area contributed by atoms with Crippen LogP contribution in [-0.4, -0.2) is 6.10 Å². The highest BCUT2D eigenvalue weighted by atomic mass is 16.5. The first kappa shape index (κ1) is 11.6. The van der Waals surface area contributed by atoms with Gasteiger partial charge in [-0.3, -0.25) is 0 Å². The van der Waals surface area contributed by atoms with Crippen molar-refractivity contribution in [3.05, 3.63) is 12.3 Å². The van der Waals surface area contributed by atoms with Crippen LogP contribution in [0.2, 0.25) is 0 Å². The third-order valence-corrected chi connectivity index (χ3v) is 3.49. The zero-order chi connectivity index (χ0) is 10.6. The first-order valence-electron chi connectivity index (χ1n) is 5.91. The molecule has 82 valence electrons. The van der Waals surface area contributed by atoms with E-state index in [0.717, 1.165) is 17.8 Å². The lowest BCUT2D eigenvalue weighted by Crippen LogP contribution is -2.31. The Morgan fingerprint density at radius 2 is 2.00 bits per heavy atom. The number of hydrogen-bond acceptors (Lipinski definition) is 1. The smallest absolute Gasteiger partial charge is 0.101 e. The van der Waals surface area contributed by atoms with Gasteiger partial charge in [0, 0.05) is 0 Å². The Kier molecular flexibility index (Phi) is 4.50. The van der Waals surface area contributed by atoms with Crippen molar-refractivity contribution in [3.8, 4) is 0 Å². The molecule has 0 spiro atoms. The minimum absolute atomic E-state index is 0.451. The molecule has 0 aliphatic heterocycles. The molecule has 1 saturated carbocycles. The van der Waals surface area contributed by atoms with Gasteiger partial charge in [0.2, 0.25) is 0 Å². The van der Waals surface area contributed by atoms with Gasteiger partial charge in [0.05, 0.1) is 6.26 Å². The van der Waals surface area contributed by atoms with Gasteiger partial charge in [-0.2, -0.15) is 0 Å². The Labute approximate surface area is 88.5 Å². The van der Waals surface area contributed by atoms with Gasteiger partial charge < -0.3 is 4.74 Å². The van der Waals surface area contributed by atoms with Crippen molar-refractivity contribution in [2.45, 2.75) is 53.1 Å². The molecule has 0 radical (unpaired) electrons. The minimum atomic E-state index is 0.451. The highest BCUT2D eigenvalue weighted by Crippen LogP contribution is 2.34. The summed E-state index contributed by atoms with van der Waals surface area (Å²) in [6.07, 6.45) is 8.23. The van der Waals surface area contributed by atoms with Crippen LogP contribution in [0.15, 0.2) is 12.3 Å². The van der Waals surface area contributed by atoms with Gasteiger partial charge >= 0.3 is 0 Å². The van der Waals surface area contributed by atoms with Gasteiger partial charge in [0.1, 0.15) is 6.10 Å². The zero-order valence-corrected chi connectivity index (χ0v) is 9.99.